The Kier molecular flexibility index (Phi) is 10.8. The summed E-state index contributed by atoms with van der Waals surface area (Å²) in [5, 5.41) is 35.5. The topological polar surface area (TPSA) is 178 Å². The fourth-order valence-electron chi connectivity index (χ4n) is 6.65. The molecule has 4 N–H and O–H groups in total. The van der Waals surface area contributed by atoms with Crippen LogP contribution in [-0.4, -0.2) is 51.1 Å². The quantitative estimate of drug-likeness (QED) is 0.112. The summed E-state index contributed by atoms with van der Waals surface area (Å²) in [4.78, 5) is 52.5. The summed E-state index contributed by atoms with van der Waals surface area (Å²) in [5.41, 5.74) is 5.86. The van der Waals surface area contributed by atoms with Crippen molar-refractivity contribution in [1.29, 1.82) is 5.26 Å². The van der Waals surface area contributed by atoms with Crippen molar-refractivity contribution in [3.63, 3.8) is 0 Å². The summed E-state index contributed by atoms with van der Waals surface area (Å²) in [6.07, 6.45) is -2.46. The zero-order valence-corrected chi connectivity index (χ0v) is 30.9. The van der Waals surface area contributed by atoms with Gasteiger partial charge in [0.05, 0.1) is 33.9 Å². The van der Waals surface area contributed by atoms with Crippen molar-refractivity contribution in [1.82, 2.24) is 10.2 Å². The second-order valence-corrected chi connectivity index (χ2v) is 14.1. The minimum absolute atomic E-state index is 0.0440. The third kappa shape index (κ3) is 8.24. The molecule has 3 atom stereocenters. The molecule has 5 aromatic carbocycles. The van der Waals surface area contributed by atoms with Crippen LogP contribution in [0.25, 0.3) is 11.1 Å². The SMILES string of the molecule is N#Cc1ccc(-c2ccc(C[C@H](NC(=O)C3Cc4cc5c(cc4CN3C(=O)O)OC(c3ccc(OCc4ccc(Cl)c(Cl)c4)cc3)C(=O)N5)C(=O)O)cc2)cc1. The number of amides is 3. The number of rotatable bonds is 10. The lowest BCUT2D eigenvalue weighted by atomic mass is 9.92. The number of carboxylic acids is 1. The maximum atomic E-state index is 13.6. The number of anilines is 1. The number of carbonyl (C=O) groups excluding carboxylic acids is 2. The number of fused-ring (bicyclic) bond motifs is 2. The number of benzene rings is 5. The van der Waals surface area contributed by atoms with Crippen LogP contribution in [0.5, 0.6) is 11.5 Å². The number of halogens is 2. The van der Waals surface area contributed by atoms with Gasteiger partial charge in [-0.2, -0.15) is 5.26 Å². The van der Waals surface area contributed by atoms with Crippen LogP contribution in [0.3, 0.4) is 0 Å². The van der Waals surface area contributed by atoms with Crippen molar-refractivity contribution in [3.05, 3.63) is 147 Å². The Morgan fingerprint density at radius 3 is 2.21 bits per heavy atom. The maximum absolute atomic E-state index is 13.6. The largest absolute Gasteiger partial charge is 0.489 e. The number of hydrogen-bond acceptors (Lipinski definition) is 7. The lowest BCUT2D eigenvalue weighted by Gasteiger charge is -2.36. The number of carboxylic acid groups (broad SMARTS) is 2. The summed E-state index contributed by atoms with van der Waals surface area (Å²) in [5.74, 6) is -1.57. The van der Waals surface area contributed by atoms with E-state index in [1.807, 2.05) is 30.3 Å². The van der Waals surface area contributed by atoms with Crippen LogP contribution in [0.4, 0.5) is 10.5 Å². The zero-order valence-electron chi connectivity index (χ0n) is 29.4. The van der Waals surface area contributed by atoms with Crippen LogP contribution in [0, 0.1) is 11.3 Å². The summed E-state index contributed by atoms with van der Waals surface area (Å²) < 4.78 is 12.0. The minimum Gasteiger partial charge on any atom is -0.489 e. The molecule has 5 aromatic rings. The molecule has 0 aliphatic carbocycles. The lowest BCUT2D eigenvalue weighted by molar-refractivity contribution is -0.142. The molecule has 0 saturated carbocycles. The van der Waals surface area contributed by atoms with E-state index in [4.69, 9.17) is 37.9 Å². The number of ether oxygens (including phenoxy) is 2. The molecule has 2 aliphatic heterocycles. The van der Waals surface area contributed by atoms with E-state index in [1.165, 1.54) is 0 Å². The van der Waals surface area contributed by atoms with E-state index >= 15 is 0 Å². The molecule has 0 fully saturated rings. The van der Waals surface area contributed by atoms with Crippen molar-refractivity contribution in [2.24, 2.45) is 0 Å². The van der Waals surface area contributed by atoms with Crippen molar-refractivity contribution < 1.29 is 38.9 Å². The van der Waals surface area contributed by atoms with Gasteiger partial charge in [0.25, 0.3) is 5.91 Å². The fraction of sp³-hybridized carbons (Fsp3) is 0.167. The van der Waals surface area contributed by atoms with Gasteiger partial charge in [0.1, 0.15) is 30.2 Å². The number of hydrogen-bond donors (Lipinski definition) is 4. The third-order valence-corrected chi connectivity index (χ3v) is 10.4. The Labute approximate surface area is 330 Å². The number of carbonyl (C=O) groups is 4. The van der Waals surface area contributed by atoms with E-state index in [9.17, 15) is 29.4 Å². The summed E-state index contributed by atoms with van der Waals surface area (Å²) in [6, 6.07) is 29.1. The zero-order chi connectivity index (χ0) is 39.5. The molecule has 0 bridgehead atoms. The molecule has 7 rings (SSSR count). The molecule has 3 amide bonds. The van der Waals surface area contributed by atoms with Crippen molar-refractivity contribution in [2.75, 3.05) is 5.32 Å². The molecule has 282 valence electrons. The number of nitrogens with zero attached hydrogens (tertiary/aromatic N) is 2. The van der Waals surface area contributed by atoms with Crippen LogP contribution < -0.4 is 20.1 Å². The Hall–Kier alpha value is -6.55. The standard InChI is InChI=1S/C42H32Cl2N4O8/c43-32-14-5-25(15-33(32)44)22-55-31-12-10-28(11-13-31)38-40(50)46-34-17-29-18-36(48(42(53)54)21-30(29)19-37(34)56-38)39(49)47-35(41(51)52)16-23-1-6-26(7-2-23)27-8-3-24(20-45)4-9-27/h1-15,17,19,35-36,38H,16,18,21-22H2,(H,46,50)(H,47,49)(H,51,52)(H,53,54)/t35-,36?,38?/m0/s1. The lowest BCUT2D eigenvalue weighted by Crippen LogP contribution is -2.55. The normalized spacial score (nSPS) is 16.2. The van der Waals surface area contributed by atoms with Gasteiger partial charge in [0.2, 0.25) is 12.0 Å². The number of nitrogens with one attached hydrogen (secondary N) is 2. The summed E-state index contributed by atoms with van der Waals surface area (Å²) >= 11 is 12.1. The molecule has 2 heterocycles. The monoisotopic (exact) mass is 790 g/mol. The van der Waals surface area contributed by atoms with E-state index in [0.29, 0.717) is 55.0 Å². The highest BCUT2D eigenvalue weighted by molar-refractivity contribution is 6.42. The first-order valence-corrected chi connectivity index (χ1v) is 18.1. The highest BCUT2D eigenvalue weighted by atomic mass is 35.5. The van der Waals surface area contributed by atoms with Gasteiger partial charge in [-0.15, -0.1) is 0 Å². The first-order chi connectivity index (χ1) is 26.9. The third-order valence-electron chi connectivity index (χ3n) is 9.65. The minimum atomic E-state index is -1.35. The van der Waals surface area contributed by atoms with Crippen molar-refractivity contribution in [2.45, 2.75) is 44.2 Å². The summed E-state index contributed by atoms with van der Waals surface area (Å²) in [6.45, 7) is 0.0832. The smallest absolute Gasteiger partial charge is 0.408 e. The van der Waals surface area contributed by atoms with Gasteiger partial charge < -0.3 is 30.3 Å². The van der Waals surface area contributed by atoms with E-state index in [-0.39, 0.29) is 26.0 Å². The number of aliphatic carboxylic acids is 1. The summed E-state index contributed by atoms with van der Waals surface area (Å²) in [7, 11) is 0. The molecule has 14 heteroatoms. The molecular formula is C42H32Cl2N4O8. The van der Waals surface area contributed by atoms with E-state index in [2.05, 4.69) is 16.7 Å². The second-order valence-electron chi connectivity index (χ2n) is 13.3. The average molecular weight is 792 g/mol. The van der Waals surface area contributed by atoms with Gasteiger partial charge in [-0.05, 0) is 81.9 Å². The fourth-order valence-corrected chi connectivity index (χ4v) is 6.97. The van der Waals surface area contributed by atoms with Crippen molar-refractivity contribution in [3.8, 4) is 28.7 Å². The molecule has 2 unspecified atom stereocenters. The first kappa shape index (κ1) is 37.8. The van der Waals surface area contributed by atoms with Crippen LogP contribution in [0.2, 0.25) is 10.0 Å². The second kappa shape index (κ2) is 16.0. The highest BCUT2D eigenvalue weighted by Gasteiger charge is 2.38. The molecule has 0 radical (unpaired) electrons. The van der Waals surface area contributed by atoms with E-state index < -0.39 is 42.1 Å². The Morgan fingerprint density at radius 1 is 0.893 bits per heavy atom. The van der Waals surface area contributed by atoms with Gasteiger partial charge in [-0.1, -0.05) is 77.8 Å². The van der Waals surface area contributed by atoms with Crippen molar-refractivity contribution >= 4 is 52.8 Å². The Morgan fingerprint density at radius 2 is 1.57 bits per heavy atom. The predicted molar refractivity (Wildman–Crippen MR) is 207 cm³/mol. The van der Waals surface area contributed by atoms with Gasteiger partial charge in [-0.3, -0.25) is 14.5 Å². The molecule has 0 aromatic heterocycles. The molecular weight excluding hydrogens is 759 g/mol. The van der Waals surface area contributed by atoms with Crippen LogP contribution >= 0.6 is 23.2 Å². The van der Waals surface area contributed by atoms with Gasteiger partial charge in [0.15, 0.2) is 0 Å². The van der Waals surface area contributed by atoms with E-state index in [1.54, 1.807) is 72.8 Å². The Bertz CT molecular complexity index is 2380. The van der Waals surface area contributed by atoms with E-state index in [0.717, 1.165) is 21.6 Å². The van der Waals surface area contributed by atoms with Gasteiger partial charge in [0, 0.05) is 18.4 Å². The number of nitriles is 1. The van der Waals surface area contributed by atoms with Gasteiger partial charge in [-0.25, -0.2) is 9.59 Å². The molecule has 0 spiro atoms. The predicted octanol–water partition coefficient (Wildman–Crippen LogP) is 7.40. The van der Waals surface area contributed by atoms with Crippen LogP contribution in [0.1, 0.15) is 39.5 Å². The molecule has 2 aliphatic rings. The first-order valence-electron chi connectivity index (χ1n) is 17.4. The Balaban J connectivity index is 1.02. The van der Waals surface area contributed by atoms with Gasteiger partial charge >= 0.3 is 12.1 Å². The molecule has 0 saturated heterocycles. The van der Waals surface area contributed by atoms with Crippen LogP contribution in [0.15, 0.2) is 103 Å². The molecule has 56 heavy (non-hydrogen) atoms. The maximum Gasteiger partial charge on any atom is 0.408 e. The highest BCUT2D eigenvalue weighted by Crippen LogP contribution is 2.40. The average Bonchev–Trinajstić information content (AvgIpc) is 3.20. The van der Waals surface area contributed by atoms with Crippen LogP contribution in [-0.2, 0) is 40.4 Å². The molecule has 12 nitrogen and oxygen atoms in total.